The lowest BCUT2D eigenvalue weighted by molar-refractivity contribution is 1.12. The summed E-state index contributed by atoms with van der Waals surface area (Å²) in [6.45, 7) is 0. The Balaban J connectivity index is 1.48. The van der Waals surface area contributed by atoms with Crippen LogP contribution in [0, 0.1) is 0 Å². The molecule has 0 amide bonds. The van der Waals surface area contributed by atoms with Gasteiger partial charge in [-0.1, -0.05) is 72.8 Å². The first-order valence-electron chi connectivity index (χ1n) is 14.5. The fourth-order valence-corrected chi connectivity index (χ4v) is 6.65. The van der Waals surface area contributed by atoms with Crippen LogP contribution in [-0.2, 0) is 0 Å². The molecule has 4 heterocycles. The normalized spacial score (nSPS) is 11.6. The lowest BCUT2D eigenvalue weighted by Gasteiger charge is -2.20. The minimum Gasteiger partial charge on any atom is -0.309 e. The van der Waals surface area contributed by atoms with Gasteiger partial charge in [0.1, 0.15) is 12.7 Å². The first-order valence-corrected chi connectivity index (χ1v) is 14.5. The molecule has 0 saturated heterocycles. The van der Waals surface area contributed by atoms with Crippen LogP contribution < -0.4 is 0 Å². The highest BCUT2D eigenvalue weighted by atomic mass is 15.0. The van der Waals surface area contributed by atoms with Gasteiger partial charge < -0.3 is 9.13 Å². The molecule has 6 nitrogen and oxygen atoms in total. The van der Waals surface area contributed by atoms with Gasteiger partial charge in [-0.25, -0.2) is 19.9 Å². The Kier molecular flexibility index (Phi) is 5.40. The molecule has 0 bridgehead atoms. The third kappa shape index (κ3) is 3.61. The van der Waals surface area contributed by atoms with E-state index >= 15 is 0 Å². The Morgan fingerprint density at radius 1 is 0.364 bits per heavy atom. The fourth-order valence-electron chi connectivity index (χ4n) is 6.65. The van der Waals surface area contributed by atoms with Crippen molar-refractivity contribution in [3.05, 3.63) is 147 Å². The van der Waals surface area contributed by atoms with Crippen molar-refractivity contribution in [2.24, 2.45) is 0 Å². The van der Waals surface area contributed by atoms with Crippen molar-refractivity contribution < 1.29 is 0 Å². The van der Waals surface area contributed by atoms with Crippen LogP contribution in [0.4, 0.5) is 0 Å². The van der Waals surface area contributed by atoms with Gasteiger partial charge in [0.05, 0.1) is 33.4 Å². The Labute approximate surface area is 252 Å². The lowest BCUT2D eigenvalue weighted by Crippen LogP contribution is -2.04. The molecule has 0 fully saturated rings. The van der Waals surface area contributed by atoms with Crippen molar-refractivity contribution >= 4 is 43.6 Å². The van der Waals surface area contributed by atoms with Crippen LogP contribution in [-0.4, -0.2) is 29.1 Å². The summed E-state index contributed by atoms with van der Waals surface area (Å²) in [6, 6.07) is 38.9. The Hall–Kier alpha value is -6.14. The zero-order chi connectivity index (χ0) is 29.0. The van der Waals surface area contributed by atoms with Crippen LogP contribution in [0.1, 0.15) is 0 Å². The predicted molar refractivity (Wildman–Crippen MR) is 177 cm³/mol. The molecule has 0 spiro atoms. The third-order valence-corrected chi connectivity index (χ3v) is 8.50. The Bertz CT molecular complexity index is 2210. The topological polar surface area (TPSA) is 61.4 Å². The summed E-state index contributed by atoms with van der Waals surface area (Å²) in [5.74, 6) is 0. The molecule has 0 radical (unpaired) electrons. The van der Waals surface area contributed by atoms with Gasteiger partial charge >= 0.3 is 0 Å². The summed E-state index contributed by atoms with van der Waals surface area (Å²) in [4.78, 5) is 17.7. The number of nitrogens with zero attached hydrogens (tertiary/aromatic N) is 6. The predicted octanol–water partition coefficient (Wildman–Crippen LogP) is 8.79. The average molecular weight is 565 g/mol. The molecule has 0 aliphatic carbocycles. The molecule has 0 aliphatic rings. The zero-order valence-electron chi connectivity index (χ0n) is 23.5. The van der Waals surface area contributed by atoms with Crippen molar-refractivity contribution in [1.82, 2.24) is 29.1 Å². The number of aromatic nitrogens is 6. The summed E-state index contributed by atoms with van der Waals surface area (Å²) in [5, 5.41) is 4.81. The summed E-state index contributed by atoms with van der Waals surface area (Å²) in [7, 11) is 0. The van der Waals surface area contributed by atoms with Crippen molar-refractivity contribution in [2.75, 3.05) is 0 Å². The molecule has 0 N–H and O–H groups in total. The van der Waals surface area contributed by atoms with Crippen molar-refractivity contribution in [3.8, 4) is 33.6 Å². The molecule has 9 aromatic rings. The molecule has 5 aromatic carbocycles. The number of hydrogen-bond acceptors (Lipinski definition) is 4. The second kappa shape index (κ2) is 9.71. The standard InChI is InChI=1S/C38H24N6/c1-5-13-33-27(9-1)28-10-2-6-14-34(28)43(33)37-17-32(26-21-41-24-42-22-26)38(18-31(37)25-19-39-23-40-20-25)44-35-15-7-3-11-29(35)30-12-4-8-16-36(30)44/h1-24H. The quantitative estimate of drug-likeness (QED) is 0.214. The molecule has 9 rings (SSSR count). The van der Waals surface area contributed by atoms with Gasteiger partial charge in [-0.2, -0.15) is 0 Å². The van der Waals surface area contributed by atoms with Crippen LogP contribution in [0.5, 0.6) is 0 Å². The molecule has 6 heteroatoms. The summed E-state index contributed by atoms with van der Waals surface area (Å²) >= 11 is 0. The third-order valence-electron chi connectivity index (χ3n) is 8.50. The number of hydrogen-bond donors (Lipinski definition) is 0. The SMILES string of the molecule is c1ccc2c(c1)c1ccccc1n2-c1cc(-c2cncnc2)c(-n2c3ccccc3c3ccccc32)cc1-c1cncnc1. The van der Waals surface area contributed by atoms with Gasteiger partial charge in [0.25, 0.3) is 0 Å². The van der Waals surface area contributed by atoms with Crippen molar-refractivity contribution in [3.63, 3.8) is 0 Å². The number of para-hydroxylation sites is 4. The minimum atomic E-state index is 0.933. The second-order valence-corrected chi connectivity index (χ2v) is 10.9. The van der Waals surface area contributed by atoms with Crippen LogP contribution in [0.15, 0.2) is 147 Å². The monoisotopic (exact) mass is 564 g/mol. The van der Waals surface area contributed by atoms with Crippen LogP contribution >= 0.6 is 0 Å². The van der Waals surface area contributed by atoms with E-state index in [1.807, 2.05) is 24.8 Å². The highest BCUT2D eigenvalue weighted by Gasteiger charge is 2.22. The molecule has 44 heavy (non-hydrogen) atoms. The van der Waals surface area contributed by atoms with Crippen molar-refractivity contribution in [2.45, 2.75) is 0 Å². The minimum absolute atomic E-state index is 0.933. The molecular weight excluding hydrogens is 540 g/mol. The number of rotatable bonds is 4. The molecule has 0 atom stereocenters. The largest absolute Gasteiger partial charge is 0.309 e. The molecule has 206 valence electrons. The van der Waals surface area contributed by atoms with Gasteiger partial charge in [-0.15, -0.1) is 0 Å². The van der Waals surface area contributed by atoms with E-state index in [4.69, 9.17) is 0 Å². The van der Waals surface area contributed by atoms with E-state index in [0.29, 0.717) is 0 Å². The first-order chi connectivity index (χ1) is 21.9. The van der Waals surface area contributed by atoms with E-state index in [2.05, 4.69) is 138 Å². The van der Waals surface area contributed by atoms with E-state index in [1.54, 1.807) is 12.7 Å². The van der Waals surface area contributed by atoms with Gasteiger partial charge in [0.2, 0.25) is 0 Å². The average Bonchev–Trinajstić information content (AvgIpc) is 3.62. The molecular formula is C38H24N6. The van der Waals surface area contributed by atoms with E-state index in [9.17, 15) is 0 Å². The first kappa shape index (κ1) is 24.5. The van der Waals surface area contributed by atoms with Gasteiger partial charge in [-0.3, -0.25) is 0 Å². The Morgan fingerprint density at radius 3 is 0.977 bits per heavy atom. The second-order valence-electron chi connectivity index (χ2n) is 10.9. The molecule has 0 aliphatic heterocycles. The number of benzene rings is 5. The van der Waals surface area contributed by atoms with E-state index in [-0.39, 0.29) is 0 Å². The molecule has 4 aromatic heterocycles. The van der Waals surface area contributed by atoms with Crippen molar-refractivity contribution in [1.29, 1.82) is 0 Å². The van der Waals surface area contributed by atoms with Gasteiger partial charge in [0.15, 0.2) is 0 Å². The van der Waals surface area contributed by atoms with Crippen LogP contribution in [0.3, 0.4) is 0 Å². The number of fused-ring (bicyclic) bond motifs is 6. The zero-order valence-corrected chi connectivity index (χ0v) is 23.5. The van der Waals surface area contributed by atoms with Gasteiger partial charge in [0, 0.05) is 68.6 Å². The smallest absolute Gasteiger partial charge is 0.115 e. The fraction of sp³-hybridized carbons (Fsp3) is 0. The maximum atomic E-state index is 4.43. The molecule has 0 saturated carbocycles. The van der Waals surface area contributed by atoms with E-state index < -0.39 is 0 Å². The van der Waals surface area contributed by atoms with Crippen LogP contribution in [0.2, 0.25) is 0 Å². The van der Waals surface area contributed by atoms with Gasteiger partial charge in [-0.05, 0) is 36.4 Å². The maximum absolute atomic E-state index is 4.43. The van der Waals surface area contributed by atoms with Crippen LogP contribution in [0.25, 0.3) is 77.2 Å². The summed E-state index contributed by atoms with van der Waals surface area (Å²) in [6.07, 6.45) is 10.7. The van der Waals surface area contributed by atoms with E-state index in [0.717, 1.165) is 55.7 Å². The highest BCUT2D eigenvalue weighted by molar-refractivity contribution is 6.11. The Morgan fingerprint density at radius 2 is 0.659 bits per heavy atom. The summed E-state index contributed by atoms with van der Waals surface area (Å²) in [5.41, 5.74) is 10.5. The highest BCUT2D eigenvalue weighted by Crippen LogP contribution is 2.42. The molecule has 0 unspecified atom stereocenters. The lowest BCUT2D eigenvalue weighted by atomic mass is 9.98. The van der Waals surface area contributed by atoms with E-state index in [1.165, 1.54) is 21.5 Å². The maximum Gasteiger partial charge on any atom is 0.115 e. The summed E-state index contributed by atoms with van der Waals surface area (Å²) < 4.78 is 4.71.